The topological polar surface area (TPSA) is 62.6 Å². The fourth-order valence-corrected chi connectivity index (χ4v) is 0.693. The van der Waals surface area contributed by atoms with Gasteiger partial charge in [0.1, 0.15) is 5.75 Å². The van der Waals surface area contributed by atoms with Crippen molar-refractivity contribution in [3.63, 3.8) is 0 Å². The van der Waals surface area contributed by atoms with Crippen molar-refractivity contribution < 1.29 is 19.1 Å². The molecule has 1 aromatic rings. The Kier molecular flexibility index (Phi) is 2.85. The molecule has 0 saturated heterocycles. The van der Waals surface area contributed by atoms with E-state index in [0.29, 0.717) is 0 Å². The fourth-order valence-electron chi connectivity index (χ4n) is 0.590. The predicted octanol–water partition coefficient (Wildman–Crippen LogP) is 0.222. The number of pyridine rings is 1. The Labute approximate surface area is 72.7 Å². The maximum absolute atomic E-state index is 12.6. The molecule has 0 aliphatic carbocycles. The van der Waals surface area contributed by atoms with E-state index in [4.69, 9.17) is 21.6 Å². The summed E-state index contributed by atoms with van der Waals surface area (Å²) >= 11 is 5.25. The fraction of sp³-hybridized carbons (Fsp3) is 0. The molecule has 0 fully saturated rings. The first kappa shape index (κ1) is 9.24. The van der Waals surface area contributed by atoms with E-state index in [0.717, 1.165) is 12.3 Å². The van der Waals surface area contributed by atoms with E-state index >= 15 is 0 Å². The van der Waals surface area contributed by atoms with Crippen LogP contribution < -0.4 is 4.65 Å². The molecular formula is C5H4BClFNO3. The maximum Gasteiger partial charge on any atom is 0.707 e. The van der Waals surface area contributed by atoms with E-state index in [1.165, 1.54) is 0 Å². The van der Waals surface area contributed by atoms with E-state index in [1.807, 2.05) is 0 Å². The van der Waals surface area contributed by atoms with Gasteiger partial charge in [-0.1, -0.05) is 11.6 Å². The van der Waals surface area contributed by atoms with Crippen LogP contribution in [0.25, 0.3) is 0 Å². The standard InChI is InChI=1S/C5H4BClFNO3/c7-5-4(8)1-3(2-9-5)12-6(10)11/h1-2,10-11H. The van der Waals surface area contributed by atoms with Crippen LogP contribution in [-0.2, 0) is 0 Å². The number of hydrogen-bond acceptors (Lipinski definition) is 4. The van der Waals surface area contributed by atoms with Crippen molar-refractivity contribution >= 4 is 18.9 Å². The first-order valence-corrected chi connectivity index (χ1v) is 3.31. The zero-order chi connectivity index (χ0) is 9.14. The van der Waals surface area contributed by atoms with Crippen LogP contribution in [0.4, 0.5) is 4.39 Å². The van der Waals surface area contributed by atoms with Crippen molar-refractivity contribution in [2.75, 3.05) is 0 Å². The van der Waals surface area contributed by atoms with Crippen LogP contribution in [0.5, 0.6) is 5.75 Å². The summed E-state index contributed by atoms with van der Waals surface area (Å²) in [4.78, 5) is 3.37. The Balaban J connectivity index is 2.82. The second-order valence-electron chi connectivity index (χ2n) is 1.89. The lowest BCUT2D eigenvalue weighted by atomic mass is 10.2. The normalized spacial score (nSPS) is 9.67. The summed E-state index contributed by atoms with van der Waals surface area (Å²) in [7, 11) is -1.99. The highest BCUT2D eigenvalue weighted by molar-refractivity contribution is 6.33. The van der Waals surface area contributed by atoms with Crippen LogP contribution in [-0.4, -0.2) is 22.4 Å². The minimum atomic E-state index is -1.99. The molecule has 0 bridgehead atoms. The molecule has 1 rings (SSSR count). The van der Waals surface area contributed by atoms with Gasteiger partial charge in [-0.25, -0.2) is 9.37 Å². The zero-order valence-corrected chi connectivity index (χ0v) is 6.49. The largest absolute Gasteiger partial charge is 0.707 e. The molecule has 0 spiro atoms. The Hall–Kier alpha value is -0.845. The zero-order valence-electron chi connectivity index (χ0n) is 5.74. The van der Waals surface area contributed by atoms with Crippen LogP contribution >= 0.6 is 11.6 Å². The molecule has 0 unspecified atom stereocenters. The SMILES string of the molecule is OB(O)Oc1cnc(Cl)c(F)c1. The van der Waals surface area contributed by atoms with Gasteiger partial charge in [-0.05, 0) is 0 Å². The molecular weight excluding hydrogens is 187 g/mol. The molecule has 0 atom stereocenters. The van der Waals surface area contributed by atoms with Gasteiger partial charge in [0.25, 0.3) is 0 Å². The molecule has 0 aromatic carbocycles. The second-order valence-corrected chi connectivity index (χ2v) is 2.25. The smallest absolute Gasteiger partial charge is 0.511 e. The second kappa shape index (κ2) is 3.71. The van der Waals surface area contributed by atoms with Crippen LogP contribution in [0.3, 0.4) is 0 Å². The molecule has 1 heterocycles. The van der Waals surface area contributed by atoms with Gasteiger partial charge >= 0.3 is 7.32 Å². The number of aromatic nitrogens is 1. The van der Waals surface area contributed by atoms with Gasteiger partial charge in [0.05, 0.1) is 6.20 Å². The quantitative estimate of drug-likeness (QED) is 0.519. The van der Waals surface area contributed by atoms with E-state index in [1.54, 1.807) is 0 Å². The summed E-state index contributed by atoms with van der Waals surface area (Å²) in [5.74, 6) is -0.887. The van der Waals surface area contributed by atoms with Gasteiger partial charge in [-0.3, -0.25) is 0 Å². The molecule has 0 radical (unpaired) electrons. The van der Waals surface area contributed by atoms with Crippen molar-refractivity contribution in [1.82, 2.24) is 4.98 Å². The minimum absolute atomic E-state index is 0.105. The third-order valence-electron chi connectivity index (χ3n) is 1.01. The lowest BCUT2D eigenvalue weighted by Gasteiger charge is -2.03. The Bertz CT molecular complexity index is 285. The lowest BCUT2D eigenvalue weighted by molar-refractivity contribution is 0.287. The average molecular weight is 191 g/mol. The Morgan fingerprint density at radius 2 is 2.25 bits per heavy atom. The van der Waals surface area contributed by atoms with Crippen molar-refractivity contribution in [3.05, 3.63) is 23.2 Å². The van der Waals surface area contributed by atoms with Crippen molar-refractivity contribution in [2.24, 2.45) is 0 Å². The highest BCUT2D eigenvalue weighted by Gasteiger charge is 2.12. The third-order valence-corrected chi connectivity index (χ3v) is 1.29. The van der Waals surface area contributed by atoms with Crippen molar-refractivity contribution in [2.45, 2.75) is 0 Å². The molecule has 0 amide bonds. The number of hydrogen-bond donors (Lipinski definition) is 2. The predicted molar refractivity (Wildman–Crippen MR) is 40.0 cm³/mol. The van der Waals surface area contributed by atoms with Crippen molar-refractivity contribution in [3.8, 4) is 5.75 Å². The Morgan fingerprint density at radius 1 is 1.58 bits per heavy atom. The van der Waals surface area contributed by atoms with E-state index < -0.39 is 13.1 Å². The van der Waals surface area contributed by atoms with Gasteiger partial charge in [0.15, 0.2) is 11.0 Å². The van der Waals surface area contributed by atoms with Crippen LogP contribution in [0.2, 0.25) is 5.15 Å². The molecule has 0 aliphatic heterocycles. The van der Waals surface area contributed by atoms with Crippen LogP contribution in [0.15, 0.2) is 12.3 Å². The number of halogens is 2. The summed E-state index contributed by atoms with van der Waals surface area (Å²) in [5, 5.41) is 16.3. The molecule has 1 aromatic heterocycles. The van der Waals surface area contributed by atoms with E-state index in [-0.39, 0.29) is 10.9 Å². The van der Waals surface area contributed by atoms with Crippen molar-refractivity contribution in [1.29, 1.82) is 0 Å². The molecule has 2 N–H and O–H groups in total. The summed E-state index contributed by atoms with van der Waals surface area (Å²) in [6.45, 7) is 0. The minimum Gasteiger partial charge on any atom is -0.511 e. The van der Waals surface area contributed by atoms with Gasteiger partial charge in [-0.15, -0.1) is 0 Å². The van der Waals surface area contributed by atoms with Crippen LogP contribution in [0.1, 0.15) is 0 Å². The third kappa shape index (κ3) is 2.33. The molecule has 4 nitrogen and oxygen atoms in total. The molecule has 64 valence electrons. The highest BCUT2D eigenvalue weighted by atomic mass is 35.5. The summed E-state index contributed by atoms with van der Waals surface area (Å²) in [5.41, 5.74) is 0. The monoisotopic (exact) mass is 191 g/mol. The number of nitrogens with zero attached hydrogens (tertiary/aromatic N) is 1. The van der Waals surface area contributed by atoms with Gasteiger partial charge in [-0.2, -0.15) is 0 Å². The average Bonchev–Trinajstić information content (AvgIpc) is 1.96. The molecule has 12 heavy (non-hydrogen) atoms. The Morgan fingerprint density at radius 3 is 2.75 bits per heavy atom. The lowest BCUT2D eigenvalue weighted by Crippen LogP contribution is -2.20. The summed E-state index contributed by atoms with van der Waals surface area (Å²) in [6.07, 6.45) is 1.07. The maximum atomic E-state index is 12.6. The number of rotatable bonds is 2. The summed E-state index contributed by atoms with van der Waals surface area (Å²) < 4.78 is 16.9. The van der Waals surface area contributed by atoms with Gasteiger partial charge in [0.2, 0.25) is 0 Å². The van der Waals surface area contributed by atoms with E-state index in [9.17, 15) is 4.39 Å². The van der Waals surface area contributed by atoms with Crippen LogP contribution in [0, 0.1) is 5.82 Å². The summed E-state index contributed by atoms with van der Waals surface area (Å²) in [6, 6.07) is 0.898. The van der Waals surface area contributed by atoms with Gasteiger partial charge in [0, 0.05) is 6.07 Å². The van der Waals surface area contributed by atoms with Gasteiger partial charge < -0.3 is 14.7 Å². The highest BCUT2D eigenvalue weighted by Crippen LogP contribution is 2.16. The van der Waals surface area contributed by atoms with E-state index in [2.05, 4.69) is 9.64 Å². The molecule has 7 heteroatoms. The first-order valence-electron chi connectivity index (χ1n) is 2.93. The molecule has 0 aliphatic rings. The molecule has 0 saturated carbocycles. The first-order chi connectivity index (χ1) is 5.59.